The van der Waals surface area contributed by atoms with Crippen LogP contribution in [0.25, 0.3) is 5.57 Å². The number of hydrogen-bond acceptors (Lipinski definition) is 2. The number of rotatable bonds is 4. The summed E-state index contributed by atoms with van der Waals surface area (Å²) >= 11 is 0. The van der Waals surface area contributed by atoms with Crippen LogP contribution < -0.4 is 0 Å². The Kier molecular flexibility index (Phi) is 4.46. The second-order valence-electron chi connectivity index (χ2n) is 4.21. The van der Waals surface area contributed by atoms with Gasteiger partial charge in [-0.05, 0) is 43.0 Å². The van der Waals surface area contributed by atoms with E-state index in [4.69, 9.17) is 9.84 Å². The Bertz CT molecular complexity index is 436. The number of aryl methyl sites for hydroxylation is 3. The van der Waals surface area contributed by atoms with Crippen molar-refractivity contribution in [3.63, 3.8) is 0 Å². The molecule has 3 heteroatoms. The summed E-state index contributed by atoms with van der Waals surface area (Å²) in [6.07, 6.45) is 1.22. The Labute approximate surface area is 102 Å². The van der Waals surface area contributed by atoms with E-state index in [0.717, 1.165) is 16.7 Å². The van der Waals surface area contributed by atoms with Crippen molar-refractivity contribution in [2.45, 2.75) is 20.8 Å². The fourth-order valence-electron chi connectivity index (χ4n) is 2.18. The zero-order valence-electron chi connectivity index (χ0n) is 10.7. The van der Waals surface area contributed by atoms with Crippen LogP contribution in [0.5, 0.6) is 0 Å². The maximum atomic E-state index is 10.8. The number of carboxylic acids is 1. The van der Waals surface area contributed by atoms with E-state index in [9.17, 15) is 4.79 Å². The molecule has 0 aliphatic rings. The summed E-state index contributed by atoms with van der Waals surface area (Å²) in [7, 11) is 1.56. The average molecular weight is 234 g/mol. The van der Waals surface area contributed by atoms with Crippen LogP contribution in [0.15, 0.2) is 18.2 Å². The van der Waals surface area contributed by atoms with Gasteiger partial charge in [0.25, 0.3) is 0 Å². The van der Waals surface area contributed by atoms with Gasteiger partial charge in [0, 0.05) is 13.2 Å². The average Bonchev–Trinajstić information content (AvgIpc) is 2.14. The molecule has 0 aliphatic heterocycles. The van der Waals surface area contributed by atoms with Crippen LogP contribution in [0, 0.1) is 20.8 Å². The third-order valence-corrected chi connectivity index (χ3v) is 2.60. The van der Waals surface area contributed by atoms with Gasteiger partial charge in [0.2, 0.25) is 0 Å². The minimum Gasteiger partial charge on any atom is -0.478 e. The molecule has 0 heterocycles. The minimum atomic E-state index is -0.948. The van der Waals surface area contributed by atoms with E-state index in [1.807, 2.05) is 32.9 Å². The third kappa shape index (κ3) is 3.43. The molecule has 0 unspecified atom stereocenters. The summed E-state index contributed by atoms with van der Waals surface area (Å²) in [5.41, 5.74) is 5.00. The quantitative estimate of drug-likeness (QED) is 0.815. The lowest BCUT2D eigenvalue weighted by atomic mass is 9.94. The van der Waals surface area contributed by atoms with Crippen molar-refractivity contribution < 1.29 is 14.6 Å². The molecular formula is C14H18O3. The van der Waals surface area contributed by atoms with Crippen LogP contribution in [0.4, 0.5) is 0 Å². The van der Waals surface area contributed by atoms with Crippen molar-refractivity contribution >= 4 is 11.5 Å². The van der Waals surface area contributed by atoms with Gasteiger partial charge in [-0.15, -0.1) is 0 Å². The molecule has 92 valence electrons. The number of ether oxygens (including phenoxy) is 1. The van der Waals surface area contributed by atoms with Crippen molar-refractivity contribution in [3.8, 4) is 0 Å². The van der Waals surface area contributed by atoms with Crippen molar-refractivity contribution in [3.05, 3.63) is 40.5 Å². The molecule has 0 fully saturated rings. The Morgan fingerprint density at radius 2 is 1.82 bits per heavy atom. The highest BCUT2D eigenvalue weighted by atomic mass is 16.5. The largest absolute Gasteiger partial charge is 0.478 e. The van der Waals surface area contributed by atoms with Crippen molar-refractivity contribution in [1.82, 2.24) is 0 Å². The Balaban J connectivity index is 3.33. The molecule has 0 saturated carbocycles. The molecule has 1 aromatic carbocycles. The fraction of sp³-hybridized carbons (Fsp3) is 0.357. The van der Waals surface area contributed by atoms with Gasteiger partial charge in [-0.3, -0.25) is 0 Å². The molecule has 0 aliphatic carbocycles. The van der Waals surface area contributed by atoms with Gasteiger partial charge in [-0.25, -0.2) is 4.79 Å². The molecule has 0 radical (unpaired) electrons. The molecule has 3 nitrogen and oxygen atoms in total. The first-order valence-corrected chi connectivity index (χ1v) is 5.46. The van der Waals surface area contributed by atoms with E-state index < -0.39 is 5.97 Å². The molecule has 0 atom stereocenters. The molecule has 0 bridgehead atoms. The van der Waals surface area contributed by atoms with Crippen LogP contribution in [-0.2, 0) is 9.53 Å². The highest BCUT2D eigenvalue weighted by Gasteiger charge is 2.10. The molecule has 1 rings (SSSR count). The first-order valence-electron chi connectivity index (χ1n) is 5.46. The highest BCUT2D eigenvalue weighted by Crippen LogP contribution is 2.24. The molecular weight excluding hydrogens is 216 g/mol. The maximum Gasteiger partial charge on any atom is 0.328 e. The molecule has 1 aromatic rings. The summed E-state index contributed by atoms with van der Waals surface area (Å²) in [5, 5.41) is 8.88. The van der Waals surface area contributed by atoms with Gasteiger partial charge in [-0.1, -0.05) is 17.7 Å². The predicted octanol–water partition coefficient (Wildman–Crippen LogP) is 2.73. The Morgan fingerprint density at radius 1 is 1.29 bits per heavy atom. The lowest BCUT2D eigenvalue weighted by Crippen LogP contribution is -2.03. The first kappa shape index (κ1) is 13.5. The lowest BCUT2D eigenvalue weighted by molar-refractivity contribution is -0.131. The maximum absolute atomic E-state index is 10.8. The molecule has 17 heavy (non-hydrogen) atoms. The summed E-state index contributed by atoms with van der Waals surface area (Å²) in [5.74, 6) is -0.948. The molecule has 0 amide bonds. The number of aliphatic carboxylic acids is 1. The normalized spacial score (nSPS) is 11.6. The van der Waals surface area contributed by atoms with Gasteiger partial charge < -0.3 is 9.84 Å². The van der Waals surface area contributed by atoms with Crippen LogP contribution in [0.2, 0.25) is 0 Å². The van der Waals surface area contributed by atoms with E-state index in [0.29, 0.717) is 12.2 Å². The second kappa shape index (κ2) is 5.64. The van der Waals surface area contributed by atoms with E-state index in [-0.39, 0.29) is 0 Å². The number of benzene rings is 1. The Morgan fingerprint density at radius 3 is 2.24 bits per heavy atom. The van der Waals surface area contributed by atoms with Crippen LogP contribution in [0.3, 0.4) is 0 Å². The SMILES string of the molecule is COC/C(=C\C(=O)O)c1c(C)cc(C)cc1C. The molecule has 0 saturated heterocycles. The standard InChI is InChI=1S/C14H18O3/c1-9-5-10(2)14(11(3)6-9)12(8-17-4)7-13(15)16/h5-7H,8H2,1-4H3,(H,15,16)/b12-7+. The van der Waals surface area contributed by atoms with Gasteiger partial charge in [0.1, 0.15) is 0 Å². The fourth-order valence-corrected chi connectivity index (χ4v) is 2.18. The van der Waals surface area contributed by atoms with Crippen LogP contribution in [-0.4, -0.2) is 24.8 Å². The lowest BCUT2D eigenvalue weighted by Gasteiger charge is -2.14. The highest BCUT2D eigenvalue weighted by molar-refractivity contribution is 5.91. The third-order valence-electron chi connectivity index (χ3n) is 2.60. The number of hydrogen-bond donors (Lipinski definition) is 1. The molecule has 0 spiro atoms. The van der Waals surface area contributed by atoms with E-state index in [2.05, 4.69) is 0 Å². The number of carboxylic acid groups (broad SMARTS) is 1. The first-order chi connectivity index (χ1) is 7.95. The summed E-state index contributed by atoms with van der Waals surface area (Å²) in [6, 6.07) is 4.10. The predicted molar refractivity (Wildman–Crippen MR) is 68.1 cm³/mol. The second-order valence-corrected chi connectivity index (χ2v) is 4.21. The summed E-state index contributed by atoms with van der Waals surface area (Å²) in [4.78, 5) is 10.8. The topological polar surface area (TPSA) is 46.5 Å². The van der Waals surface area contributed by atoms with Crippen molar-refractivity contribution in [1.29, 1.82) is 0 Å². The van der Waals surface area contributed by atoms with Crippen LogP contribution in [0.1, 0.15) is 22.3 Å². The molecule has 0 aromatic heterocycles. The van der Waals surface area contributed by atoms with Gasteiger partial charge in [-0.2, -0.15) is 0 Å². The van der Waals surface area contributed by atoms with Crippen molar-refractivity contribution in [2.75, 3.05) is 13.7 Å². The number of methoxy groups -OCH3 is 1. The van der Waals surface area contributed by atoms with E-state index in [1.165, 1.54) is 11.6 Å². The minimum absolute atomic E-state index is 0.303. The summed E-state index contributed by atoms with van der Waals surface area (Å²) in [6.45, 7) is 6.30. The zero-order valence-corrected chi connectivity index (χ0v) is 10.7. The molecule has 1 N–H and O–H groups in total. The van der Waals surface area contributed by atoms with Gasteiger partial charge >= 0.3 is 5.97 Å². The van der Waals surface area contributed by atoms with Crippen LogP contribution >= 0.6 is 0 Å². The zero-order chi connectivity index (χ0) is 13.0. The van der Waals surface area contributed by atoms with Crippen molar-refractivity contribution in [2.24, 2.45) is 0 Å². The van der Waals surface area contributed by atoms with Gasteiger partial charge in [0.15, 0.2) is 0 Å². The summed E-state index contributed by atoms with van der Waals surface area (Å²) < 4.78 is 5.07. The van der Waals surface area contributed by atoms with E-state index in [1.54, 1.807) is 7.11 Å². The van der Waals surface area contributed by atoms with E-state index >= 15 is 0 Å². The number of carbonyl (C=O) groups is 1. The Hall–Kier alpha value is -1.61. The monoisotopic (exact) mass is 234 g/mol. The smallest absolute Gasteiger partial charge is 0.328 e. The van der Waals surface area contributed by atoms with Gasteiger partial charge in [0.05, 0.1) is 6.61 Å².